The molecule has 0 N–H and O–H groups in total. The van der Waals surface area contributed by atoms with E-state index in [1.807, 2.05) is 72.8 Å². The van der Waals surface area contributed by atoms with Gasteiger partial charge in [0.15, 0.2) is 23.4 Å². The van der Waals surface area contributed by atoms with E-state index in [1.165, 1.54) is 0 Å². The molecule has 0 spiro atoms. The third kappa shape index (κ3) is 5.65. The third-order valence-electron chi connectivity index (χ3n) is 6.86. The van der Waals surface area contributed by atoms with Gasteiger partial charge in [0.2, 0.25) is 5.88 Å². The number of rotatable bonds is 9. The van der Waals surface area contributed by atoms with Crippen molar-refractivity contribution in [2.75, 3.05) is 19.8 Å². The summed E-state index contributed by atoms with van der Waals surface area (Å²) in [5, 5.41) is 0. The maximum absolute atomic E-state index is 12.8. The number of ketones is 1. The zero-order valence-electron chi connectivity index (χ0n) is 21.4. The molecule has 3 aromatic carbocycles. The van der Waals surface area contributed by atoms with Gasteiger partial charge in [0.25, 0.3) is 0 Å². The highest BCUT2D eigenvalue weighted by Gasteiger charge is 2.23. The molecule has 3 heterocycles. The van der Waals surface area contributed by atoms with E-state index in [2.05, 4.69) is 4.98 Å². The maximum Gasteiger partial charge on any atom is 0.351 e. The SMILES string of the molecule is O=C(CCc1ccccc1)COc1ccc2c(c1)CCn1c-2cc(OCC2COc3ccccc3O2)nc1=O. The molecule has 1 atom stereocenters. The summed E-state index contributed by atoms with van der Waals surface area (Å²) in [6.07, 6.45) is 1.48. The molecule has 2 aliphatic heterocycles. The Morgan fingerprint density at radius 1 is 0.974 bits per heavy atom. The summed E-state index contributed by atoms with van der Waals surface area (Å²) in [4.78, 5) is 29.2. The molecule has 0 radical (unpaired) electrons. The van der Waals surface area contributed by atoms with E-state index in [4.69, 9.17) is 18.9 Å². The normalized spacial score (nSPS) is 15.1. The Bertz CT molecular complexity index is 1550. The minimum atomic E-state index is -0.358. The van der Waals surface area contributed by atoms with Gasteiger partial charge in [-0.1, -0.05) is 42.5 Å². The molecular formula is C31H28N2O6. The Labute approximate surface area is 225 Å². The lowest BCUT2D eigenvalue weighted by Gasteiger charge is -2.26. The van der Waals surface area contributed by atoms with Crippen LogP contribution in [0.25, 0.3) is 11.3 Å². The topological polar surface area (TPSA) is 88.9 Å². The van der Waals surface area contributed by atoms with E-state index in [0.29, 0.717) is 49.7 Å². The summed E-state index contributed by atoms with van der Waals surface area (Å²) >= 11 is 0. The highest BCUT2D eigenvalue weighted by Crippen LogP contribution is 2.33. The average molecular weight is 525 g/mol. The van der Waals surface area contributed by atoms with Gasteiger partial charge in [-0.15, -0.1) is 0 Å². The zero-order chi connectivity index (χ0) is 26.6. The van der Waals surface area contributed by atoms with Crippen molar-refractivity contribution in [2.45, 2.75) is 31.9 Å². The Balaban J connectivity index is 1.10. The van der Waals surface area contributed by atoms with E-state index in [9.17, 15) is 9.59 Å². The molecule has 0 saturated carbocycles. The van der Waals surface area contributed by atoms with Crippen molar-refractivity contribution in [1.82, 2.24) is 9.55 Å². The van der Waals surface area contributed by atoms with Crippen molar-refractivity contribution in [1.29, 1.82) is 0 Å². The first-order chi connectivity index (χ1) is 19.1. The lowest BCUT2D eigenvalue weighted by molar-refractivity contribution is -0.121. The van der Waals surface area contributed by atoms with E-state index in [-0.39, 0.29) is 36.7 Å². The molecule has 39 heavy (non-hydrogen) atoms. The number of carbonyl (C=O) groups excluding carboxylic acids is 1. The smallest absolute Gasteiger partial charge is 0.351 e. The van der Waals surface area contributed by atoms with Crippen LogP contribution in [0, 0.1) is 0 Å². The fourth-order valence-electron chi connectivity index (χ4n) is 4.83. The molecule has 0 saturated heterocycles. The van der Waals surface area contributed by atoms with Crippen molar-refractivity contribution in [2.24, 2.45) is 0 Å². The van der Waals surface area contributed by atoms with E-state index in [0.717, 1.165) is 22.4 Å². The minimum Gasteiger partial charge on any atom is -0.486 e. The van der Waals surface area contributed by atoms with Gasteiger partial charge in [0.1, 0.15) is 25.6 Å². The van der Waals surface area contributed by atoms with Crippen molar-refractivity contribution in [3.63, 3.8) is 0 Å². The Hall–Kier alpha value is -4.59. The van der Waals surface area contributed by atoms with Crippen LogP contribution in [0.1, 0.15) is 17.5 Å². The number of aromatic nitrogens is 2. The van der Waals surface area contributed by atoms with Gasteiger partial charge in [-0.3, -0.25) is 9.36 Å². The van der Waals surface area contributed by atoms with Crippen LogP contribution in [-0.2, 0) is 24.2 Å². The molecule has 8 heteroatoms. The van der Waals surface area contributed by atoms with Gasteiger partial charge in [0.05, 0.1) is 5.69 Å². The number of hydrogen-bond donors (Lipinski definition) is 0. The second kappa shape index (κ2) is 11.0. The molecule has 0 fully saturated rings. The molecule has 8 nitrogen and oxygen atoms in total. The number of hydrogen-bond acceptors (Lipinski definition) is 7. The van der Waals surface area contributed by atoms with E-state index >= 15 is 0 Å². The third-order valence-corrected chi connectivity index (χ3v) is 6.86. The van der Waals surface area contributed by atoms with Crippen molar-refractivity contribution in [3.05, 3.63) is 100 Å². The maximum atomic E-state index is 12.8. The molecule has 1 aromatic heterocycles. The summed E-state index contributed by atoms with van der Waals surface area (Å²) in [6, 6.07) is 24.9. The van der Waals surface area contributed by atoms with Crippen LogP contribution in [0.4, 0.5) is 0 Å². The molecule has 1 unspecified atom stereocenters. The first kappa shape index (κ1) is 24.7. The number of aryl methyl sites for hydroxylation is 2. The van der Waals surface area contributed by atoms with Gasteiger partial charge < -0.3 is 18.9 Å². The molecular weight excluding hydrogens is 496 g/mol. The number of Topliss-reactive ketones (excluding diaryl/α,β-unsaturated/α-hetero) is 1. The van der Waals surface area contributed by atoms with Gasteiger partial charge in [-0.2, -0.15) is 4.98 Å². The first-order valence-electron chi connectivity index (χ1n) is 13.1. The number of para-hydroxylation sites is 2. The van der Waals surface area contributed by atoms with Crippen LogP contribution < -0.4 is 24.6 Å². The van der Waals surface area contributed by atoms with Crippen LogP contribution in [0.15, 0.2) is 83.7 Å². The van der Waals surface area contributed by atoms with Crippen molar-refractivity contribution in [3.8, 4) is 34.4 Å². The summed E-state index contributed by atoms with van der Waals surface area (Å²) in [5.74, 6) is 2.30. The molecule has 0 amide bonds. The highest BCUT2D eigenvalue weighted by molar-refractivity contribution is 5.80. The molecule has 2 aliphatic rings. The summed E-state index contributed by atoms with van der Waals surface area (Å²) < 4.78 is 25.0. The van der Waals surface area contributed by atoms with Crippen LogP contribution in [0.3, 0.4) is 0 Å². The minimum absolute atomic E-state index is 0.0288. The lowest BCUT2D eigenvalue weighted by Crippen LogP contribution is -2.35. The van der Waals surface area contributed by atoms with Gasteiger partial charge in [-0.05, 0) is 54.3 Å². The quantitative estimate of drug-likeness (QED) is 0.323. The zero-order valence-corrected chi connectivity index (χ0v) is 21.4. The van der Waals surface area contributed by atoms with Crippen LogP contribution in [0.5, 0.6) is 23.1 Å². The summed E-state index contributed by atoms with van der Waals surface area (Å²) in [5.41, 5.74) is 3.48. The molecule has 0 aliphatic carbocycles. The summed E-state index contributed by atoms with van der Waals surface area (Å²) in [7, 11) is 0. The largest absolute Gasteiger partial charge is 0.486 e. The van der Waals surface area contributed by atoms with Crippen LogP contribution in [0.2, 0.25) is 0 Å². The predicted molar refractivity (Wildman–Crippen MR) is 145 cm³/mol. The fourth-order valence-corrected chi connectivity index (χ4v) is 4.83. The predicted octanol–water partition coefficient (Wildman–Crippen LogP) is 4.27. The van der Waals surface area contributed by atoms with Crippen LogP contribution in [-0.4, -0.2) is 41.3 Å². The van der Waals surface area contributed by atoms with Gasteiger partial charge in [0, 0.05) is 24.6 Å². The van der Waals surface area contributed by atoms with Crippen molar-refractivity contribution < 1.29 is 23.7 Å². The monoisotopic (exact) mass is 524 g/mol. The highest BCUT2D eigenvalue weighted by atomic mass is 16.6. The standard InChI is InChI=1S/C31H28N2O6/c34-23(11-10-21-6-2-1-3-7-21)18-36-24-12-13-26-22(16-24)14-15-33-27(26)17-30(32-31(33)35)38-20-25-19-37-28-8-4-5-9-29(28)39-25/h1-9,12-13,16-17,25H,10-11,14-15,18-20H2. The number of carbonyl (C=O) groups is 1. The average Bonchev–Trinajstić information content (AvgIpc) is 2.98. The van der Waals surface area contributed by atoms with Crippen molar-refractivity contribution >= 4 is 5.78 Å². The Kier molecular flexibility index (Phi) is 6.99. The second-order valence-electron chi connectivity index (χ2n) is 9.60. The number of ether oxygens (including phenoxy) is 4. The number of fused-ring (bicyclic) bond motifs is 4. The van der Waals surface area contributed by atoms with E-state index < -0.39 is 0 Å². The molecule has 4 aromatic rings. The number of nitrogens with zero attached hydrogens (tertiary/aromatic N) is 2. The Morgan fingerprint density at radius 2 is 1.79 bits per heavy atom. The molecule has 198 valence electrons. The van der Waals surface area contributed by atoms with Crippen LogP contribution >= 0.6 is 0 Å². The second-order valence-corrected chi connectivity index (χ2v) is 9.60. The summed E-state index contributed by atoms with van der Waals surface area (Å²) in [6.45, 7) is 1.08. The molecule has 6 rings (SSSR count). The lowest BCUT2D eigenvalue weighted by atomic mass is 9.97. The number of benzene rings is 3. The van der Waals surface area contributed by atoms with Gasteiger partial charge in [-0.25, -0.2) is 4.79 Å². The first-order valence-corrected chi connectivity index (χ1v) is 13.1. The Morgan fingerprint density at radius 3 is 2.67 bits per heavy atom. The molecule has 0 bridgehead atoms. The van der Waals surface area contributed by atoms with E-state index in [1.54, 1.807) is 10.6 Å². The fraction of sp³-hybridized carbons (Fsp3) is 0.258. The van der Waals surface area contributed by atoms with Gasteiger partial charge >= 0.3 is 5.69 Å².